The summed E-state index contributed by atoms with van der Waals surface area (Å²) in [6, 6.07) is 14.0. The molecule has 0 bridgehead atoms. The molecular weight excluding hydrogens is 320 g/mol. The second-order valence-electron chi connectivity index (χ2n) is 4.84. The van der Waals surface area contributed by atoms with Gasteiger partial charge in [-0.1, -0.05) is 34.1 Å². The molecule has 2 aromatic carbocycles. The number of amidine groups is 1. The van der Waals surface area contributed by atoms with Crippen LogP contribution < -0.4 is 10.5 Å². The van der Waals surface area contributed by atoms with Gasteiger partial charge in [-0.2, -0.15) is 0 Å². The van der Waals surface area contributed by atoms with Gasteiger partial charge in [-0.3, -0.25) is 0 Å². The molecule has 2 heterocycles. The molecule has 2 aliphatic heterocycles. The monoisotopic (exact) mass is 330 g/mol. The standard InChI is InChI=1S/C15H11BrN2O2/c16-9-5-6-13-11(7-9)15(8-19-14(17)18-15)10-3-1-2-4-12(10)20-13/h1-7H,8H2,(H2,17,18). The summed E-state index contributed by atoms with van der Waals surface area (Å²) in [7, 11) is 0. The summed E-state index contributed by atoms with van der Waals surface area (Å²) in [4.78, 5) is 4.57. The third-order valence-corrected chi connectivity index (χ3v) is 4.16. The zero-order valence-corrected chi connectivity index (χ0v) is 12.1. The fourth-order valence-electron chi connectivity index (χ4n) is 2.78. The second kappa shape index (κ2) is 3.99. The van der Waals surface area contributed by atoms with Crippen molar-refractivity contribution in [1.82, 2.24) is 0 Å². The van der Waals surface area contributed by atoms with Crippen LogP contribution in [0.4, 0.5) is 0 Å². The zero-order chi connectivity index (χ0) is 13.7. The number of fused-ring (bicyclic) bond motifs is 4. The maximum atomic E-state index is 5.97. The highest BCUT2D eigenvalue weighted by molar-refractivity contribution is 9.10. The van der Waals surface area contributed by atoms with Crippen LogP contribution >= 0.6 is 15.9 Å². The maximum absolute atomic E-state index is 5.97. The Kier molecular flexibility index (Phi) is 2.35. The van der Waals surface area contributed by atoms with E-state index in [1.165, 1.54) is 0 Å². The van der Waals surface area contributed by atoms with Gasteiger partial charge in [-0.25, -0.2) is 4.99 Å². The third kappa shape index (κ3) is 1.50. The van der Waals surface area contributed by atoms with E-state index in [-0.39, 0.29) is 6.02 Å². The zero-order valence-electron chi connectivity index (χ0n) is 10.5. The molecule has 0 fully saturated rings. The first-order valence-corrected chi connectivity index (χ1v) is 7.04. The Hall–Kier alpha value is -2.01. The van der Waals surface area contributed by atoms with E-state index in [1.54, 1.807) is 0 Å². The van der Waals surface area contributed by atoms with Gasteiger partial charge in [0.25, 0.3) is 6.02 Å². The number of nitrogens with two attached hydrogens (primary N) is 1. The number of ether oxygens (including phenoxy) is 2. The molecule has 0 aliphatic carbocycles. The van der Waals surface area contributed by atoms with Gasteiger partial charge in [-0.05, 0) is 24.3 Å². The first kappa shape index (κ1) is 11.8. The average Bonchev–Trinajstić information content (AvgIpc) is 2.84. The predicted molar refractivity (Wildman–Crippen MR) is 79.0 cm³/mol. The van der Waals surface area contributed by atoms with E-state index in [4.69, 9.17) is 15.2 Å². The van der Waals surface area contributed by atoms with Crippen LogP contribution in [0, 0.1) is 0 Å². The molecule has 2 N–H and O–H groups in total. The van der Waals surface area contributed by atoms with Gasteiger partial charge in [0, 0.05) is 15.6 Å². The summed E-state index contributed by atoms with van der Waals surface area (Å²) in [6.07, 6.45) is 0. The summed E-state index contributed by atoms with van der Waals surface area (Å²) in [5, 5.41) is 0. The summed E-state index contributed by atoms with van der Waals surface area (Å²) >= 11 is 3.50. The number of benzene rings is 2. The van der Waals surface area contributed by atoms with Crippen molar-refractivity contribution >= 4 is 22.0 Å². The Labute approximate surface area is 124 Å². The van der Waals surface area contributed by atoms with E-state index in [2.05, 4.69) is 20.9 Å². The molecule has 0 saturated carbocycles. The Morgan fingerprint density at radius 1 is 1.10 bits per heavy atom. The minimum Gasteiger partial charge on any atom is -0.462 e. The van der Waals surface area contributed by atoms with Gasteiger partial charge in [0.1, 0.15) is 18.1 Å². The van der Waals surface area contributed by atoms with Crippen LogP contribution in [-0.4, -0.2) is 12.6 Å². The summed E-state index contributed by atoms with van der Waals surface area (Å²) in [5.41, 5.74) is 7.10. The molecule has 0 saturated heterocycles. The highest BCUT2D eigenvalue weighted by atomic mass is 79.9. The predicted octanol–water partition coefficient (Wildman–Crippen LogP) is 3.14. The topological polar surface area (TPSA) is 56.8 Å². The average molecular weight is 331 g/mol. The van der Waals surface area contributed by atoms with E-state index < -0.39 is 5.54 Å². The smallest absolute Gasteiger partial charge is 0.283 e. The molecule has 1 spiro atoms. The van der Waals surface area contributed by atoms with Gasteiger partial charge in [-0.15, -0.1) is 0 Å². The molecule has 2 aliphatic rings. The summed E-state index contributed by atoms with van der Waals surface area (Å²) in [5.74, 6) is 1.58. The highest BCUT2D eigenvalue weighted by Gasteiger charge is 2.46. The van der Waals surface area contributed by atoms with Gasteiger partial charge in [0.15, 0.2) is 5.54 Å². The fraction of sp³-hybridized carbons (Fsp3) is 0.133. The molecule has 0 amide bonds. The molecule has 100 valence electrons. The number of para-hydroxylation sites is 1. The minimum atomic E-state index is -0.613. The highest BCUT2D eigenvalue weighted by Crippen LogP contribution is 2.51. The molecule has 1 atom stereocenters. The van der Waals surface area contributed by atoms with Crippen molar-refractivity contribution in [3.63, 3.8) is 0 Å². The van der Waals surface area contributed by atoms with Crippen LogP contribution in [0.15, 0.2) is 51.9 Å². The second-order valence-corrected chi connectivity index (χ2v) is 5.75. The van der Waals surface area contributed by atoms with Crippen LogP contribution in [0.1, 0.15) is 11.1 Å². The number of hydrogen-bond acceptors (Lipinski definition) is 4. The van der Waals surface area contributed by atoms with E-state index in [1.807, 2.05) is 42.5 Å². The number of rotatable bonds is 0. The van der Waals surface area contributed by atoms with E-state index in [0.717, 1.165) is 27.1 Å². The molecule has 5 heteroatoms. The lowest BCUT2D eigenvalue weighted by Gasteiger charge is -2.33. The van der Waals surface area contributed by atoms with Crippen LogP contribution in [0.25, 0.3) is 0 Å². The van der Waals surface area contributed by atoms with Crippen molar-refractivity contribution < 1.29 is 9.47 Å². The Balaban J connectivity index is 2.05. The summed E-state index contributed by atoms with van der Waals surface area (Å²) in [6.45, 7) is 0.392. The first-order chi connectivity index (χ1) is 9.69. The molecule has 1 unspecified atom stereocenters. The van der Waals surface area contributed by atoms with Crippen molar-refractivity contribution in [3.8, 4) is 11.5 Å². The molecule has 4 rings (SSSR count). The van der Waals surface area contributed by atoms with Gasteiger partial charge >= 0.3 is 0 Å². The molecule has 0 aromatic heterocycles. The van der Waals surface area contributed by atoms with Crippen LogP contribution in [0.3, 0.4) is 0 Å². The van der Waals surface area contributed by atoms with Crippen molar-refractivity contribution in [2.75, 3.05) is 6.61 Å². The number of hydrogen-bond donors (Lipinski definition) is 1. The lowest BCUT2D eigenvalue weighted by atomic mass is 9.81. The van der Waals surface area contributed by atoms with Crippen molar-refractivity contribution in [3.05, 3.63) is 58.1 Å². The maximum Gasteiger partial charge on any atom is 0.283 e. The molecule has 20 heavy (non-hydrogen) atoms. The van der Waals surface area contributed by atoms with Crippen LogP contribution in [0.2, 0.25) is 0 Å². The lowest BCUT2D eigenvalue weighted by Crippen LogP contribution is -2.30. The number of aliphatic imine (C=N–C) groups is 1. The largest absolute Gasteiger partial charge is 0.462 e. The lowest BCUT2D eigenvalue weighted by molar-refractivity contribution is 0.264. The number of nitrogens with zero attached hydrogens (tertiary/aromatic N) is 1. The quantitative estimate of drug-likeness (QED) is 0.807. The number of halogens is 1. The van der Waals surface area contributed by atoms with Gasteiger partial charge in [0.2, 0.25) is 0 Å². The third-order valence-electron chi connectivity index (χ3n) is 3.67. The first-order valence-electron chi connectivity index (χ1n) is 6.24. The van der Waals surface area contributed by atoms with Crippen LogP contribution in [-0.2, 0) is 10.3 Å². The molecule has 2 aromatic rings. The summed E-state index contributed by atoms with van der Waals surface area (Å²) < 4.78 is 12.4. The molecular formula is C15H11BrN2O2. The SMILES string of the molecule is NC1=NC2(CO1)c1ccccc1Oc1ccc(Br)cc12. The van der Waals surface area contributed by atoms with Gasteiger partial charge < -0.3 is 15.2 Å². The normalized spacial score (nSPS) is 22.6. The van der Waals surface area contributed by atoms with E-state index in [0.29, 0.717) is 6.61 Å². The fourth-order valence-corrected chi connectivity index (χ4v) is 3.14. The van der Waals surface area contributed by atoms with E-state index >= 15 is 0 Å². The Morgan fingerprint density at radius 2 is 1.90 bits per heavy atom. The van der Waals surface area contributed by atoms with Crippen molar-refractivity contribution in [2.24, 2.45) is 10.7 Å². The van der Waals surface area contributed by atoms with Gasteiger partial charge in [0.05, 0.1) is 0 Å². The van der Waals surface area contributed by atoms with Crippen molar-refractivity contribution in [1.29, 1.82) is 0 Å². The van der Waals surface area contributed by atoms with E-state index in [9.17, 15) is 0 Å². The molecule has 0 radical (unpaired) electrons. The molecule has 4 nitrogen and oxygen atoms in total. The Bertz CT molecular complexity index is 744. The minimum absolute atomic E-state index is 0.215. The van der Waals surface area contributed by atoms with Crippen LogP contribution in [0.5, 0.6) is 11.5 Å². The Morgan fingerprint density at radius 3 is 2.70 bits per heavy atom. The van der Waals surface area contributed by atoms with Crippen molar-refractivity contribution in [2.45, 2.75) is 5.54 Å².